The molecule has 1 fully saturated rings. The first kappa shape index (κ1) is 20.8. The lowest BCUT2D eigenvalue weighted by Crippen LogP contribution is -2.11. The monoisotopic (exact) mass is 420 g/mol. The summed E-state index contributed by atoms with van der Waals surface area (Å²) in [5.41, 5.74) is 2.20. The van der Waals surface area contributed by atoms with Gasteiger partial charge in [-0.05, 0) is 17.7 Å². The first-order valence-electron chi connectivity index (χ1n) is 9.91. The maximum absolute atomic E-state index is 13.2. The Labute approximate surface area is 181 Å². The molecule has 0 bridgehead atoms. The quantitative estimate of drug-likeness (QED) is 0.372. The van der Waals surface area contributed by atoms with Crippen molar-refractivity contribution < 1.29 is 28.5 Å². The lowest BCUT2D eigenvalue weighted by atomic mass is 10.0. The summed E-state index contributed by atoms with van der Waals surface area (Å²) >= 11 is 0. The molecule has 0 aliphatic carbocycles. The van der Waals surface area contributed by atoms with Crippen molar-refractivity contribution in [1.29, 1.82) is 0 Å². The number of methoxy groups -OCH3 is 3. The molecule has 6 nitrogen and oxygen atoms in total. The minimum absolute atomic E-state index is 0.145. The third kappa shape index (κ3) is 4.34. The van der Waals surface area contributed by atoms with Crippen molar-refractivity contribution in [2.24, 2.45) is 0 Å². The van der Waals surface area contributed by atoms with E-state index in [1.54, 1.807) is 45.6 Å². The van der Waals surface area contributed by atoms with Crippen LogP contribution in [0.4, 0.5) is 0 Å². The van der Waals surface area contributed by atoms with Crippen LogP contribution in [0.15, 0.2) is 66.7 Å². The highest BCUT2D eigenvalue weighted by atomic mass is 16.6. The van der Waals surface area contributed by atoms with Gasteiger partial charge in [-0.3, -0.25) is 4.79 Å². The number of para-hydroxylation sites is 1. The molecule has 0 amide bonds. The SMILES string of the molecule is COc1cc(OC)c([C@@H]2O[C@H]2C(=O)c2ccccc2OCc2ccccc2)c(OC)c1. The summed E-state index contributed by atoms with van der Waals surface area (Å²) < 4.78 is 28.0. The van der Waals surface area contributed by atoms with E-state index in [9.17, 15) is 4.79 Å². The number of ketones is 1. The van der Waals surface area contributed by atoms with Gasteiger partial charge in [0.25, 0.3) is 0 Å². The molecule has 1 aliphatic heterocycles. The number of rotatable bonds is 9. The third-order valence-electron chi connectivity index (χ3n) is 5.18. The van der Waals surface area contributed by atoms with Crippen molar-refractivity contribution in [2.45, 2.75) is 18.8 Å². The molecule has 0 spiro atoms. The van der Waals surface area contributed by atoms with Crippen LogP contribution in [-0.2, 0) is 11.3 Å². The van der Waals surface area contributed by atoms with E-state index in [-0.39, 0.29) is 5.78 Å². The molecular formula is C25H24O6. The number of hydrogen-bond donors (Lipinski definition) is 0. The van der Waals surface area contributed by atoms with Crippen molar-refractivity contribution in [2.75, 3.05) is 21.3 Å². The number of Topliss-reactive ketones (excluding diaryl/α,β-unsaturated/α-hetero) is 1. The summed E-state index contributed by atoms with van der Waals surface area (Å²) in [7, 11) is 4.69. The second-order valence-corrected chi connectivity index (χ2v) is 7.06. The van der Waals surface area contributed by atoms with E-state index in [0.717, 1.165) is 5.56 Å². The van der Waals surface area contributed by atoms with Crippen LogP contribution in [0.3, 0.4) is 0 Å². The first-order chi connectivity index (χ1) is 15.2. The Morgan fingerprint density at radius 3 is 2.13 bits per heavy atom. The van der Waals surface area contributed by atoms with Crippen LogP contribution in [0.25, 0.3) is 0 Å². The normalized spacial score (nSPS) is 17.0. The maximum atomic E-state index is 13.2. The molecule has 31 heavy (non-hydrogen) atoms. The van der Waals surface area contributed by atoms with Gasteiger partial charge in [0, 0.05) is 12.1 Å². The Hall–Kier alpha value is -3.51. The predicted octanol–water partition coefficient (Wildman–Crippen LogP) is 4.61. The van der Waals surface area contributed by atoms with E-state index in [1.165, 1.54) is 0 Å². The predicted molar refractivity (Wildman–Crippen MR) is 115 cm³/mol. The van der Waals surface area contributed by atoms with Crippen molar-refractivity contribution in [3.05, 3.63) is 83.4 Å². The Kier molecular flexibility index (Phi) is 6.09. The van der Waals surface area contributed by atoms with Gasteiger partial charge in [-0.15, -0.1) is 0 Å². The minimum atomic E-state index is -0.641. The summed E-state index contributed by atoms with van der Waals surface area (Å²) in [6, 6.07) is 20.5. The van der Waals surface area contributed by atoms with E-state index in [0.29, 0.717) is 40.7 Å². The smallest absolute Gasteiger partial charge is 0.198 e. The first-order valence-corrected chi connectivity index (χ1v) is 9.91. The van der Waals surface area contributed by atoms with Crippen LogP contribution in [-0.4, -0.2) is 33.2 Å². The van der Waals surface area contributed by atoms with Gasteiger partial charge < -0.3 is 23.7 Å². The summed E-state index contributed by atoms with van der Waals surface area (Å²) in [6.45, 7) is 0.375. The number of carbonyl (C=O) groups is 1. The van der Waals surface area contributed by atoms with Crippen molar-refractivity contribution in [3.63, 3.8) is 0 Å². The van der Waals surface area contributed by atoms with Crippen molar-refractivity contribution in [3.8, 4) is 23.0 Å². The largest absolute Gasteiger partial charge is 0.496 e. The lowest BCUT2D eigenvalue weighted by Gasteiger charge is -2.14. The zero-order valence-electron chi connectivity index (χ0n) is 17.7. The van der Waals surface area contributed by atoms with Gasteiger partial charge in [-0.1, -0.05) is 42.5 Å². The Morgan fingerprint density at radius 1 is 0.839 bits per heavy atom. The fraction of sp³-hybridized carbons (Fsp3) is 0.240. The van der Waals surface area contributed by atoms with E-state index >= 15 is 0 Å². The van der Waals surface area contributed by atoms with E-state index in [1.807, 2.05) is 42.5 Å². The van der Waals surface area contributed by atoms with Crippen LogP contribution < -0.4 is 18.9 Å². The van der Waals surface area contributed by atoms with Gasteiger partial charge in [-0.25, -0.2) is 0 Å². The number of benzene rings is 3. The standard InChI is InChI=1S/C25H24O6/c1-27-17-13-20(28-2)22(21(14-17)29-3)24-25(31-24)23(26)18-11-7-8-12-19(18)30-15-16-9-5-4-6-10-16/h4-14,24-25H,15H2,1-3H3/t24-,25-/m0/s1. The van der Waals surface area contributed by atoms with Gasteiger partial charge in [-0.2, -0.15) is 0 Å². The topological polar surface area (TPSA) is 66.5 Å². The molecule has 1 saturated heterocycles. The molecule has 0 saturated carbocycles. The summed E-state index contributed by atoms with van der Waals surface area (Å²) in [4.78, 5) is 13.2. The zero-order valence-corrected chi connectivity index (χ0v) is 17.7. The molecule has 0 radical (unpaired) electrons. The minimum Gasteiger partial charge on any atom is -0.496 e. The summed E-state index contributed by atoms with van der Waals surface area (Å²) in [5.74, 6) is 2.07. The van der Waals surface area contributed by atoms with E-state index in [4.69, 9.17) is 23.7 Å². The van der Waals surface area contributed by atoms with Crippen LogP contribution in [0.5, 0.6) is 23.0 Å². The van der Waals surface area contributed by atoms with Gasteiger partial charge in [0.15, 0.2) is 11.9 Å². The van der Waals surface area contributed by atoms with Crippen LogP contribution in [0.1, 0.15) is 27.6 Å². The molecule has 3 aromatic carbocycles. The Balaban J connectivity index is 1.55. The van der Waals surface area contributed by atoms with Gasteiger partial charge in [0.2, 0.25) is 0 Å². The number of epoxide rings is 1. The molecule has 2 atom stereocenters. The average molecular weight is 420 g/mol. The van der Waals surface area contributed by atoms with Gasteiger partial charge in [0.1, 0.15) is 35.7 Å². The van der Waals surface area contributed by atoms with Crippen LogP contribution >= 0.6 is 0 Å². The molecule has 6 heteroatoms. The molecule has 160 valence electrons. The summed E-state index contributed by atoms with van der Waals surface area (Å²) in [6.07, 6.45) is -1.11. The molecule has 0 unspecified atom stereocenters. The average Bonchev–Trinajstić information content (AvgIpc) is 3.62. The van der Waals surface area contributed by atoms with Crippen molar-refractivity contribution >= 4 is 5.78 Å². The molecule has 4 rings (SSSR count). The second-order valence-electron chi connectivity index (χ2n) is 7.06. The fourth-order valence-electron chi connectivity index (χ4n) is 3.53. The molecule has 0 N–H and O–H groups in total. The van der Waals surface area contributed by atoms with Crippen LogP contribution in [0, 0.1) is 0 Å². The summed E-state index contributed by atoms with van der Waals surface area (Å²) in [5, 5.41) is 0. The number of carbonyl (C=O) groups excluding carboxylic acids is 1. The highest BCUT2D eigenvalue weighted by molar-refractivity contribution is 6.03. The van der Waals surface area contributed by atoms with E-state index in [2.05, 4.69) is 0 Å². The third-order valence-corrected chi connectivity index (χ3v) is 5.18. The van der Waals surface area contributed by atoms with Crippen molar-refractivity contribution in [1.82, 2.24) is 0 Å². The maximum Gasteiger partial charge on any atom is 0.198 e. The van der Waals surface area contributed by atoms with Crippen LogP contribution in [0.2, 0.25) is 0 Å². The molecule has 0 aromatic heterocycles. The highest BCUT2D eigenvalue weighted by Crippen LogP contribution is 2.50. The van der Waals surface area contributed by atoms with Gasteiger partial charge in [0.05, 0.1) is 32.5 Å². The Bertz CT molecular complexity index is 1040. The molecular weight excluding hydrogens is 396 g/mol. The second kappa shape index (κ2) is 9.10. The lowest BCUT2D eigenvalue weighted by molar-refractivity contribution is 0.0949. The van der Waals surface area contributed by atoms with Gasteiger partial charge >= 0.3 is 0 Å². The fourth-order valence-corrected chi connectivity index (χ4v) is 3.53. The van der Waals surface area contributed by atoms with E-state index < -0.39 is 12.2 Å². The number of ether oxygens (including phenoxy) is 5. The zero-order chi connectivity index (χ0) is 21.8. The molecule has 3 aromatic rings. The Morgan fingerprint density at radius 2 is 1.48 bits per heavy atom. The molecule has 1 heterocycles. The highest BCUT2D eigenvalue weighted by Gasteiger charge is 2.50. The molecule has 1 aliphatic rings. The number of hydrogen-bond acceptors (Lipinski definition) is 6.